The lowest BCUT2D eigenvalue weighted by molar-refractivity contribution is -0.136. The van der Waals surface area contributed by atoms with E-state index in [4.69, 9.17) is 14.5 Å². The highest BCUT2D eigenvalue weighted by Gasteiger charge is 2.38. The van der Waals surface area contributed by atoms with Crippen molar-refractivity contribution in [3.8, 4) is 22.4 Å². The van der Waals surface area contributed by atoms with E-state index in [1.807, 2.05) is 38.8 Å². The van der Waals surface area contributed by atoms with Crippen LogP contribution in [-0.4, -0.2) is 96.0 Å². The van der Waals surface area contributed by atoms with Gasteiger partial charge in [0.25, 0.3) is 0 Å². The lowest BCUT2D eigenvalue weighted by Crippen LogP contribution is -2.54. The van der Waals surface area contributed by atoms with Crippen molar-refractivity contribution in [2.24, 2.45) is 16.8 Å². The number of benzene rings is 2. The predicted molar refractivity (Wildman–Crippen MR) is 226 cm³/mol. The second-order valence-electron chi connectivity index (χ2n) is 16.1. The maximum atomic E-state index is 13.7. The molecule has 0 spiro atoms. The van der Waals surface area contributed by atoms with E-state index in [1.165, 1.54) is 14.2 Å². The normalized spacial score (nSPS) is 18.0. The molecule has 0 saturated carbocycles. The van der Waals surface area contributed by atoms with Gasteiger partial charge in [0.2, 0.25) is 11.8 Å². The summed E-state index contributed by atoms with van der Waals surface area (Å²) in [6.45, 7) is 20.9. The van der Waals surface area contributed by atoms with Crippen molar-refractivity contribution in [2.45, 2.75) is 105 Å². The van der Waals surface area contributed by atoms with Crippen LogP contribution in [0.1, 0.15) is 93.1 Å². The van der Waals surface area contributed by atoms with Gasteiger partial charge in [0.15, 0.2) is 0 Å². The highest BCUT2D eigenvalue weighted by molar-refractivity contribution is 5.88. The Bertz CT molecular complexity index is 2010. The number of H-pyrrole nitrogens is 1. The Morgan fingerprint density at radius 3 is 1.83 bits per heavy atom. The number of alkyl carbamates (subject to hydrolysis) is 2. The van der Waals surface area contributed by atoms with E-state index < -0.39 is 24.3 Å². The quantitative estimate of drug-likeness (QED) is 0.135. The van der Waals surface area contributed by atoms with E-state index in [-0.39, 0.29) is 35.9 Å². The molecule has 4 atom stereocenters. The minimum Gasteiger partial charge on any atom is -0.453 e. The first kappa shape index (κ1) is 43.5. The topological polar surface area (TPSA) is 170 Å². The van der Waals surface area contributed by atoms with Crippen LogP contribution in [0.4, 0.5) is 9.59 Å². The molecule has 2 aliphatic heterocycles. The number of methoxy groups -OCH3 is 2. The van der Waals surface area contributed by atoms with Gasteiger partial charge in [-0.1, -0.05) is 27.7 Å². The average molecular weight is 797 g/mol. The van der Waals surface area contributed by atoms with Crippen molar-refractivity contribution in [1.82, 2.24) is 35.7 Å². The summed E-state index contributed by atoms with van der Waals surface area (Å²) in [5.41, 5.74) is 10.2. The van der Waals surface area contributed by atoms with Gasteiger partial charge in [-0.05, 0) is 135 Å². The number of hydrogen-bond acceptors (Lipinski definition) is 9. The number of hydrogen-bond donors (Lipinski definition) is 4. The zero-order valence-electron chi connectivity index (χ0n) is 35.6. The Morgan fingerprint density at radius 1 is 0.810 bits per heavy atom. The van der Waals surface area contributed by atoms with E-state index in [1.54, 1.807) is 11.1 Å². The van der Waals surface area contributed by atoms with Gasteiger partial charge in [-0.2, -0.15) is 0 Å². The number of aliphatic imine (C=N–C) groups is 1. The van der Waals surface area contributed by atoms with Crippen LogP contribution in [0.15, 0.2) is 41.7 Å². The third-order valence-electron chi connectivity index (χ3n) is 11.2. The number of carbonyl (C=O) groups is 4. The summed E-state index contributed by atoms with van der Waals surface area (Å²) >= 11 is 0. The van der Waals surface area contributed by atoms with E-state index >= 15 is 0 Å². The number of aromatic amines is 1. The predicted octanol–water partition coefficient (Wildman–Crippen LogP) is 6.94. The molecule has 3 aromatic rings. The molecule has 2 aromatic carbocycles. The smallest absolute Gasteiger partial charge is 0.407 e. The van der Waals surface area contributed by atoms with Gasteiger partial charge < -0.3 is 40.2 Å². The minimum absolute atomic E-state index is 0.116. The van der Waals surface area contributed by atoms with Crippen LogP contribution >= 0.6 is 0 Å². The number of ether oxygens (including phenoxy) is 2. The van der Waals surface area contributed by atoms with Gasteiger partial charge in [0.1, 0.15) is 24.1 Å². The average Bonchev–Trinajstić information content (AvgIpc) is 3.97. The van der Waals surface area contributed by atoms with E-state index in [2.05, 4.69) is 84.6 Å². The fourth-order valence-electron chi connectivity index (χ4n) is 8.40. The summed E-state index contributed by atoms with van der Waals surface area (Å²) in [6.07, 6.45) is 5.13. The summed E-state index contributed by atoms with van der Waals surface area (Å²) < 4.78 is 9.57. The van der Waals surface area contributed by atoms with E-state index in [0.717, 1.165) is 87.4 Å². The maximum absolute atomic E-state index is 13.7. The SMILES string of the molecule is C=N/C=C(\NC1CCCN1C(=O)[C@@H](NC(=O)OC)C(C)C)c1cc(C)c(-c2c(C)cc(-c3cnc(C4CCCN4C(=O)[C@@H](NC(=O)OC)C(C)C)[nH]3)cc2C)c(C)c1. The van der Waals surface area contributed by atoms with Gasteiger partial charge in [-0.15, -0.1) is 0 Å². The van der Waals surface area contributed by atoms with Crippen molar-refractivity contribution in [3.05, 3.63) is 70.3 Å². The van der Waals surface area contributed by atoms with Crippen LogP contribution < -0.4 is 16.0 Å². The summed E-state index contributed by atoms with van der Waals surface area (Å²) in [7, 11) is 2.58. The number of rotatable bonds is 13. The Hall–Kier alpha value is -5.66. The fraction of sp³-hybridized carbons (Fsp3) is 0.500. The molecule has 2 unspecified atom stereocenters. The Balaban J connectivity index is 1.37. The molecule has 312 valence electrons. The number of aryl methyl sites for hydroxylation is 4. The summed E-state index contributed by atoms with van der Waals surface area (Å²) in [4.78, 5) is 67.5. The molecule has 2 aliphatic rings. The Kier molecular flexibility index (Phi) is 14.0. The molecule has 14 heteroatoms. The zero-order valence-corrected chi connectivity index (χ0v) is 35.6. The molecule has 14 nitrogen and oxygen atoms in total. The third kappa shape index (κ3) is 9.37. The van der Waals surface area contributed by atoms with Crippen molar-refractivity contribution in [2.75, 3.05) is 27.3 Å². The van der Waals surface area contributed by atoms with E-state index in [0.29, 0.717) is 13.1 Å². The molecule has 5 rings (SSSR count). The second kappa shape index (κ2) is 18.7. The van der Waals surface area contributed by atoms with Gasteiger partial charge in [0.05, 0.1) is 37.8 Å². The minimum atomic E-state index is -0.717. The summed E-state index contributed by atoms with van der Waals surface area (Å²) in [5.74, 6) is 0.167. The van der Waals surface area contributed by atoms with Gasteiger partial charge in [0, 0.05) is 24.9 Å². The van der Waals surface area contributed by atoms with Crippen LogP contribution in [0.25, 0.3) is 28.1 Å². The first-order valence-corrected chi connectivity index (χ1v) is 20.1. The van der Waals surface area contributed by atoms with Crippen molar-refractivity contribution >= 4 is 36.4 Å². The molecule has 1 aromatic heterocycles. The zero-order chi connectivity index (χ0) is 42.4. The standard InChI is InChI=1S/C44H60N8O6/c1-24(2)38(49-43(55)57-10)41(53)51-16-12-14-34(51)40-46-23-33(48-40)31-20-28(7)37(29(8)21-31)36-26(5)18-30(19-27(36)6)32(22-45-9)47-35-15-13-17-52(35)42(54)39(25(3)4)50-44(56)58-11/h18-25,34-35,38-39,47H,9,12-17H2,1-8,10-11H3,(H,46,48)(H,49,55)(H,50,56)/b32-22-/t34?,35?,38-,39-/m0/s1. The fourth-order valence-corrected chi connectivity index (χ4v) is 8.40. The largest absolute Gasteiger partial charge is 0.453 e. The number of imidazole rings is 1. The molecule has 0 aliphatic carbocycles. The molecular formula is C44H60N8O6. The number of aromatic nitrogens is 2. The monoisotopic (exact) mass is 796 g/mol. The first-order chi connectivity index (χ1) is 27.6. The highest BCUT2D eigenvalue weighted by Crippen LogP contribution is 2.38. The van der Waals surface area contributed by atoms with Gasteiger partial charge >= 0.3 is 12.2 Å². The van der Waals surface area contributed by atoms with Crippen molar-refractivity contribution in [3.63, 3.8) is 0 Å². The lowest BCUT2D eigenvalue weighted by atomic mass is 9.86. The van der Waals surface area contributed by atoms with E-state index in [9.17, 15) is 19.2 Å². The van der Waals surface area contributed by atoms with Crippen LogP contribution in [0.3, 0.4) is 0 Å². The first-order valence-electron chi connectivity index (χ1n) is 20.1. The number of carbonyl (C=O) groups excluding carboxylic acids is 4. The molecule has 58 heavy (non-hydrogen) atoms. The maximum Gasteiger partial charge on any atom is 0.407 e. The molecule has 0 radical (unpaired) electrons. The van der Waals surface area contributed by atoms with Crippen LogP contribution in [0.5, 0.6) is 0 Å². The molecule has 4 amide bonds. The van der Waals surface area contributed by atoms with Crippen LogP contribution in [0.2, 0.25) is 0 Å². The molecule has 2 fully saturated rings. The number of nitrogens with zero attached hydrogens (tertiary/aromatic N) is 4. The number of amides is 4. The highest BCUT2D eigenvalue weighted by atomic mass is 16.5. The van der Waals surface area contributed by atoms with Gasteiger partial charge in [-0.25, -0.2) is 14.6 Å². The molecule has 0 bridgehead atoms. The van der Waals surface area contributed by atoms with Crippen LogP contribution in [0, 0.1) is 39.5 Å². The molecular weight excluding hydrogens is 737 g/mol. The second-order valence-corrected chi connectivity index (χ2v) is 16.1. The van der Waals surface area contributed by atoms with Crippen LogP contribution in [-0.2, 0) is 19.1 Å². The Labute approximate surface area is 342 Å². The molecule has 2 saturated heterocycles. The Morgan fingerprint density at radius 2 is 1.31 bits per heavy atom. The lowest BCUT2D eigenvalue weighted by Gasteiger charge is -2.32. The summed E-state index contributed by atoms with van der Waals surface area (Å²) in [5, 5.41) is 8.99. The van der Waals surface area contributed by atoms with Crippen molar-refractivity contribution in [1.29, 1.82) is 0 Å². The summed E-state index contributed by atoms with van der Waals surface area (Å²) in [6, 6.07) is 6.96. The molecule has 3 heterocycles. The molecule has 4 N–H and O–H groups in total. The van der Waals surface area contributed by atoms with Gasteiger partial charge in [-0.3, -0.25) is 14.6 Å². The number of nitrogens with one attached hydrogen (secondary N) is 4. The third-order valence-corrected chi connectivity index (χ3v) is 11.2. The number of likely N-dealkylation sites (tertiary alicyclic amines) is 2. The van der Waals surface area contributed by atoms with Crippen molar-refractivity contribution < 1.29 is 28.7 Å².